The molecule has 8 nitrogen and oxygen atoms in total. The van der Waals surface area contributed by atoms with E-state index in [2.05, 4.69) is 9.88 Å². The number of likely N-dealkylation sites (N-methyl/N-ethyl adjacent to an activating group) is 1. The van der Waals surface area contributed by atoms with Gasteiger partial charge in [0.25, 0.3) is 5.91 Å². The van der Waals surface area contributed by atoms with Crippen molar-refractivity contribution in [1.29, 1.82) is 0 Å². The largest absolute Gasteiger partial charge is 0.438 e. The van der Waals surface area contributed by atoms with E-state index in [1.54, 1.807) is 23.8 Å². The second kappa shape index (κ2) is 8.86. The molecule has 3 heterocycles. The molecule has 0 unspecified atom stereocenters. The van der Waals surface area contributed by atoms with Gasteiger partial charge in [-0.25, -0.2) is 9.97 Å². The number of anilines is 1. The fourth-order valence-electron chi connectivity index (χ4n) is 3.24. The van der Waals surface area contributed by atoms with Crippen molar-refractivity contribution in [2.24, 2.45) is 0 Å². The van der Waals surface area contributed by atoms with Gasteiger partial charge in [0.1, 0.15) is 12.4 Å². The predicted octanol–water partition coefficient (Wildman–Crippen LogP) is 1.75. The fraction of sp³-hybridized carbons (Fsp3) is 0.500. The Morgan fingerprint density at radius 2 is 1.89 bits per heavy atom. The van der Waals surface area contributed by atoms with E-state index in [9.17, 15) is 9.59 Å². The van der Waals surface area contributed by atoms with E-state index in [4.69, 9.17) is 9.40 Å². The van der Waals surface area contributed by atoms with Crippen molar-refractivity contribution in [1.82, 2.24) is 19.8 Å². The summed E-state index contributed by atoms with van der Waals surface area (Å²) in [5, 5.41) is 0. The molecule has 2 aromatic rings. The number of hydrogen-bond donors (Lipinski definition) is 0. The van der Waals surface area contributed by atoms with Crippen molar-refractivity contribution in [2.45, 2.75) is 26.2 Å². The number of aromatic nitrogens is 2. The topological polar surface area (TPSA) is 82.8 Å². The van der Waals surface area contributed by atoms with Gasteiger partial charge in [0.15, 0.2) is 6.39 Å². The van der Waals surface area contributed by atoms with E-state index in [1.807, 2.05) is 25.2 Å². The maximum Gasteiger partial charge on any atom is 0.292 e. The summed E-state index contributed by atoms with van der Waals surface area (Å²) in [5.41, 5.74) is 1.51. The highest BCUT2D eigenvalue weighted by Gasteiger charge is 2.25. The molecule has 0 radical (unpaired) electrons. The SMILES string of the molecule is Cc1ncoc1C(=O)N1CCCc2cccc(n2)N(C)CCCN(C)C(=O)C1. The van der Waals surface area contributed by atoms with E-state index >= 15 is 0 Å². The monoisotopic (exact) mass is 385 g/mol. The molecule has 2 aromatic heterocycles. The first-order valence-electron chi connectivity index (χ1n) is 9.56. The smallest absolute Gasteiger partial charge is 0.292 e. The van der Waals surface area contributed by atoms with Crippen LogP contribution >= 0.6 is 0 Å². The molecule has 1 aliphatic rings. The van der Waals surface area contributed by atoms with Crippen LogP contribution in [-0.4, -0.2) is 71.9 Å². The fourth-order valence-corrected chi connectivity index (χ4v) is 3.24. The van der Waals surface area contributed by atoms with Crippen molar-refractivity contribution in [3.8, 4) is 0 Å². The summed E-state index contributed by atoms with van der Waals surface area (Å²) in [6.45, 7) is 3.61. The van der Waals surface area contributed by atoms with Crippen LogP contribution in [-0.2, 0) is 11.2 Å². The Balaban J connectivity index is 1.81. The summed E-state index contributed by atoms with van der Waals surface area (Å²) in [7, 11) is 3.79. The summed E-state index contributed by atoms with van der Waals surface area (Å²) < 4.78 is 5.25. The van der Waals surface area contributed by atoms with Crippen LogP contribution in [0, 0.1) is 6.92 Å². The molecule has 0 saturated heterocycles. The van der Waals surface area contributed by atoms with Gasteiger partial charge in [-0.1, -0.05) is 6.07 Å². The van der Waals surface area contributed by atoms with Gasteiger partial charge < -0.3 is 19.1 Å². The van der Waals surface area contributed by atoms with Crippen LogP contribution in [0.2, 0.25) is 0 Å². The Labute approximate surface area is 165 Å². The second-order valence-corrected chi connectivity index (χ2v) is 7.17. The van der Waals surface area contributed by atoms with Crippen molar-refractivity contribution in [2.75, 3.05) is 45.2 Å². The molecule has 0 spiro atoms. The van der Waals surface area contributed by atoms with Gasteiger partial charge in [-0.15, -0.1) is 0 Å². The van der Waals surface area contributed by atoms with E-state index in [-0.39, 0.29) is 24.1 Å². The Morgan fingerprint density at radius 3 is 2.64 bits per heavy atom. The van der Waals surface area contributed by atoms with E-state index in [0.717, 1.165) is 30.9 Å². The minimum Gasteiger partial charge on any atom is -0.438 e. The minimum absolute atomic E-state index is 0.0266. The highest BCUT2D eigenvalue weighted by molar-refractivity contribution is 5.95. The maximum absolute atomic E-state index is 12.9. The summed E-state index contributed by atoms with van der Waals surface area (Å²) >= 11 is 0. The second-order valence-electron chi connectivity index (χ2n) is 7.17. The number of fused-ring (bicyclic) bond motifs is 2. The molecular weight excluding hydrogens is 358 g/mol. The molecule has 8 heteroatoms. The lowest BCUT2D eigenvalue weighted by Crippen LogP contribution is -2.43. The highest BCUT2D eigenvalue weighted by Crippen LogP contribution is 2.14. The van der Waals surface area contributed by atoms with Crippen molar-refractivity contribution in [3.05, 3.63) is 41.7 Å². The van der Waals surface area contributed by atoms with Crippen molar-refractivity contribution < 1.29 is 14.0 Å². The zero-order valence-electron chi connectivity index (χ0n) is 16.7. The minimum atomic E-state index is -0.301. The van der Waals surface area contributed by atoms with Crippen LogP contribution in [0.15, 0.2) is 29.0 Å². The van der Waals surface area contributed by atoms with Crippen molar-refractivity contribution in [3.63, 3.8) is 0 Å². The Bertz CT molecular complexity index is 835. The Hall–Kier alpha value is -2.90. The molecule has 28 heavy (non-hydrogen) atoms. The van der Waals surface area contributed by atoms with Crippen LogP contribution in [0.3, 0.4) is 0 Å². The third kappa shape index (κ3) is 4.68. The number of pyridine rings is 1. The number of nitrogens with zero attached hydrogens (tertiary/aromatic N) is 5. The molecule has 2 amide bonds. The van der Waals surface area contributed by atoms with Crippen LogP contribution in [0.5, 0.6) is 0 Å². The standard InChI is InChI=1S/C20H27N5O3/c1-15-19(28-14-21-15)20(27)25-12-5-8-16-7-4-9-17(22-16)23(2)10-6-11-24(3)18(26)13-25/h4,7,9,14H,5-6,8,10-13H2,1-3H3. The normalized spacial score (nSPS) is 16.8. The lowest BCUT2D eigenvalue weighted by atomic mass is 10.2. The zero-order valence-corrected chi connectivity index (χ0v) is 16.7. The third-order valence-electron chi connectivity index (χ3n) is 5.01. The van der Waals surface area contributed by atoms with Gasteiger partial charge in [0.05, 0.1) is 5.69 Å². The number of aryl methyl sites for hydroxylation is 2. The number of amides is 2. The van der Waals surface area contributed by atoms with Gasteiger partial charge in [0, 0.05) is 39.4 Å². The average molecular weight is 385 g/mol. The quantitative estimate of drug-likeness (QED) is 0.744. The molecule has 2 bridgehead atoms. The molecule has 0 aromatic carbocycles. The van der Waals surface area contributed by atoms with E-state index < -0.39 is 0 Å². The molecule has 0 atom stereocenters. The molecule has 3 rings (SSSR count). The first kappa shape index (κ1) is 19.9. The van der Waals surface area contributed by atoms with Gasteiger partial charge in [-0.05, 0) is 38.3 Å². The number of carbonyl (C=O) groups excluding carboxylic acids is 2. The Morgan fingerprint density at radius 1 is 1.11 bits per heavy atom. The molecule has 0 aliphatic carbocycles. The van der Waals surface area contributed by atoms with Gasteiger partial charge in [-0.2, -0.15) is 0 Å². The van der Waals surface area contributed by atoms with Crippen LogP contribution in [0.4, 0.5) is 5.82 Å². The molecule has 0 fully saturated rings. The Kier molecular flexibility index (Phi) is 6.28. The number of oxazole rings is 1. The predicted molar refractivity (Wildman–Crippen MR) is 105 cm³/mol. The van der Waals surface area contributed by atoms with Crippen molar-refractivity contribution >= 4 is 17.6 Å². The summed E-state index contributed by atoms with van der Waals surface area (Å²) in [6.07, 6.45) is 3.51. The molecule has 1 aliphatic heterocycles. The van der Waals surface area contributed by atoms with E-state index in [0.29, 0.717) is 25.2 Å². The maximum atomic E-state index is 12.9. The van der Waals surface area contributed by atoms with Gasteiger partial charge in [-0.3, -0.25) is 9.59 Å². The summed E-state index contributed by atoms with van der Waals surface area (Å²) in [5.74, 6) is 0.735. The molecule has 0 N–H and O–H groups in total. The highest BCUT2D eigenvalue weighted by atomic mass is 16.3. The lowest BCUT2D eigenvalue weighted by molar-refractivity contribution is -0.130. The number of rotatable bonds is 1. The first-order chi connectivity index (χ1) is 13.5. The van der Waals surface area contributed by atoms with Gasteiger partial charge in [0.2, 0.25) is 11.7 Å². The molecule has 150 valence electrons. The van der Waals surface area contributed by atoms with Crippen LogP contribution < -0.4 is 4.90 Å². The molecule has 0 saturated carbocycles. The van der Waals surface area contributed by atoms with Crippen LogP contribution in [0.1, 0.15) is 34.8 Å². The van der Waals surface area contributed by atoms with Gasteiger partial charge >= 0.3 is 0 Å². The lowest BCUT2D eigenvalue weighted by Gasteiger charge is -2.26. The zero-order chi connectivity index (χ0) is 20.1. The number of hydrogen-bond acceptors (Lipinski definition) is 6. The summed E-state index contributed by atoms with van der Waals surface area (Å²) in [6, 6.07) is 6.00. The van der Waals surface area contributed by atoms with E-state index in [1.165, 1.54) is 6.39 Å². The average Bonchev–Trinajstić information content (AvgIpc) is 3.11. The molecular formula is C20H27N5O3. The summed E-state index contributed by atoms with van der Waals surface area (Å²) in [4.78, 5) is 39.6. The third-order valence-corrected chi connectivity index (χ3v) is 5.01. The van der Waals surface area contributed by atoms with Crippen LogP contribution in [0.25, 0.3) is 0 Å². The first-order valence-corrected chi connectivity index (χ1v) is 9.56. The number of carbonyl (C=O) groups is 2.